The Hall–Kier alpha value is -4.47. The molecule has 0 fully saturated rings. The molecule has 5 aromatic rings. The standard InChI is InChI=1S/C24H22FN7O2/c1-26-23-20-21(32(2)13-28-20)17-10-19(30-22(17)31-23)18-5-3-4-16(29-18)12-34-24(33)27-11-14-6-8-15(25)9-7-14/h3-10,13H,11-12H2,1-2H3,(H,27,33)(H2,26,30,31). The van der Waals surface area contributed by atoms with E-state index in [1.807, 2.05) is 36.9 Å². The minimum Gasteiger partial charge on any atom is -0.443 e. The van der Waals surface area contributed by atoms with Crippen LogP contribution in [0.25, 0.3) is 33.5 Å². The largest absolute Gasteiger partial charge is 0.443 e. The molecule has 0 saturated heterocycles. The second-order valence-electron chi connectivity index (χ2n) is 7.78. The molecule has 34 heavy (non-hydrogen) atoms. The maximum atomic E-state index is 13.0. The highest BCUT2D eigenvalue weighted by molar-refractivity contribution is 6.07. The Morgan fingerprint density at radius 2 is 2.00 bits per heavy atom. The number of aromatic nitrogens is 5. The first kappa shape index (κ1) is 21.4. The van der Waals surface area contributed by atoms with Crippen LogP contribution in [0.15, 0.2) is 54.9 Å². The number of carbonyl (C=O) groups is 1. The minimum atomic E-state index is -0.579. The van der Waals surface area contributed by atoms with Crippen LogP contribution in [-0.4, -0.2) is 37.6 Å². The first-order valence-corrected chi connectivity index (χ1v) is 10.6. The van der Waals surface area contributed by atoms with Gasteiger partial charge in [-0.3, -0.25) is 0 Å². The van der Waals surface area contributed by atoms with Crippen molar-refractivity contribution in [3.63, 3.8) is 0 Å². The van der Waals surface area contributed by atoms with E-state index in [0.717, 1.165) is 33.3 Å². The summed E-state index contributed by atoms with van der Waals surface area (Å²) in [6.07, 6.45) is 1.18. The van der Waals surface area contributed by atoms with Crippen molar-refractivity contribution in [3.05, 3.63) is 71.9 Å². The van der Waals surface area contributed by atoms with Gasteiger partial charge in [-0.1, -0.05) is 18.2 Å². The van der Waals surface area contributed by atoms with Crippen molar-refractivity contribution in [2.24, 2.45) is 7.05 Å². The monoisotopic (exact) mass is 459 g/mol. The number of anilines is 1. The first-order chi connectivity index (χ1) is 16.5. The Kier molecular flexibility index (Phi) is 5.54. The lowest BCUT2D eigenvalue weighted by Gasteiger charge is -2.07. The van der Waals surface area contributed by atoms with E-state index >= 15 is 0 Å². The van der Waals surface area contributed by atoms with Crippen LogP contribution in [0.1, 0.15) is 11.3 Å². The molecule has 0 saturated carbocycles. The molecule has 0 radical (unpaired) electrons. The van der Waals surface area contributed by atoms with E-state index in [1.54, 1.807) is 24.5 Å². The van der Waals surface area contributed by atoms with Crippen LogP contribution in [0.2, 0.25) is 0 Å². The molecular formula is C24H22FN7O2. The van der Waals surface area contributed by atoms with Crippen LogP contribution in [0.3, 0.4) is 0 Å². The highest BCUT2D eigenvalue weighted by Crippen LogP contribution is 2.31. The van der Waals surface area contributed by atoms with E-state index in [1.165, 1.54) is 12.1 Å². The normalized spacial score (nSPS) is 11.1. The SMILES string of the molecule is CNc1nc2[nH]c(-c3cccc(COC(=O)NCc4ccc(F)cc4)n3)cc2c2c1ncn2C. The average Bonchev–Trinajstić information content (AvgIpc) is 3.45. The molecule has 1 amide bonds. The van der Waals surface area contributed by atoms with Crippen molar-refractivity contribution in [3.8, 4) is 11.4 Å². The maximum Gasteiger partial charge on any atom is 0.407 e. The third-order valence-corrected chi connectivity index (χ3v) is 5.46. The van der Waals surface area contributed by atoms with Crippen molar-refractivity contribution < 1.29 is 13.9 Å². The van der Waals surface area contributed by atoms with Crippen molar-refractivity contribution >= 4 is 34.0 Å². The van der Waals surface area contributed by atoms with E-state index < -0.39 is 6.09 Å². The Morgan fingerprint density at radius 1 is 1.18 bits per heavy atom. The third kappa shape index (κ3) is 4.13. The van der Waals surface area contributed by atoms with Gasteiger partial charge in [0.1, 0.15) is 23.6 Å². The van der Waals surface area contributed by atoms with Crippen molar-refractivity contribution in [1.82, 2.24) is 29.8 Å². The van der Waals surface area contributed by atoms with Crippen LogP contribution in [0, 0.1) is 5.82 Å². The fourth-order valence-corrected chi connectivity index (χ4v) is 3.79. The van der Waals surface area contributed by atoms with Gasteiger partial charge in [-0.05, 0) is 35.9 Å². The molecule has 0 unspecified atom stereocenters. The lowest BCUT2D eigenvalue weighted by molar-refractivity contribution is 0.138. The summed E-state index contributed by atoms with van der Waals surface area (Å²) in [7, 11) is 3.76. The molecule has 0 bridgehead atoms. The number of rotatable bonds is 6. The smallest absolute Gasteiger partial charge is 0.407 e. The van der Waals surface area contributed by atoms with Gasteiger partial charge in [0.05, 0.1) is 28.9 Å². The Bertz CT molecular complexity index is 1490. The number of nitrogens with one attached hydrogen (secondary N) is 3. The fraction of sp³-hybridized carbons (Fsp3) is 0.167. The number of pyridine rings is 2. The molecule has 10 heteroatoms. The number of hydrogen-bond donors (Lipinski definition) is 3. The van der Waals surface area contributed by atoms with Crippen LogP contribution in [0.4, 0.5) is 15.0 Å². The zero-order valence-corrected chi connectivity index (χ0v) is 18.6. The number of nitrogens with zero attached hydrogens (tertiary/aromatic N) is 4. The van der Waals surface area contributed by atoms with Crippen LogP contribution >= 0.6 is 0 Å². The molecule has 3 N–H and O–H groups in total. The van der Waals surface area contributed by atoms with Gasteiger partial charge >= 0.3 is 6.09 Å². The molecule has 172 valence electrons. The van der Waals surface area contributed by atoms with Gasteiger partial charge in [-0.15, -0.1) is 0 Å². The zero-order valence-electron chi connectivity index (χ0n) is 18.6. The third-order valence-electron chi connectivity index (χ3n) is 5.46. The lowest BCUT2D eigenvalue weighted by atomic mass is 10.2. The number of halogens is 1. The van der Waals surface area contributed by atoms with Crippen LogP contribution in [-0.2, 0) is 24.9 Å². The average molecular weight is 459 g/mol. The van der Waals surface area contributed by atoms with Gasteiger partial charge in [-0.25, -0.2) is 24.1 Å². The highest BCUT2D eigenvalue weighted by atomic mass is 19.1. The number of amides is 1. The summed E-state index contributed by atoms with van der Waals surface area (Å²) < 4.78 is 20.2. The number of ether oxygens (including phenoxy) is 1. The van der Waals surface area contributed by atoms with Crippen LogP contribution < -0.4 is 10.6 Å². The van der Waals surface area contributed by atoms with Gasteiger partial charge in [0, 0.05) is 26.0 Å². The molecule has 5 rings (SSSR count). The van der Waals surface area contributed by atoms with Gasteiger partial charge < -0.3 is 24.9 Å². The van der Waals surface area contributed by atoms with Gasteiger partial charge in [0.25, 0.3) is 0 Å². The van der Waals surface area contributed by atoms with Gasteiger partial charge in [0.15, 0.2) is 5.82 Å². The Morgan fingerprint density at radius 3 is 2.79 bits per heavy atom. The molecule has 4 heterocycles. The number of benzene rings is 1. The topological polar surface area (TPSA) is 110 Å². The molecule has 0 atom stereocenters. The number of aryl methyl sites for hydroxylation is 1. The fourth-order valence-electron chi connectivity index (χ4n) is 3.79. The molecular weight excluding hydrogens is 437 g/mol. The Labute approximate surface area is 194 Å². The first-order valence-electron chi connectivity index (χ1n) is 10.6. The maximum absolute atomic E-state index is 13.0. The summed E-state index contributed by atoms with van der Waals surface area (Å²) in [4.78, 5) is 29.1. The molecule has 0 spiro atoms. The number of imidazole rings is 1. The van der Waals surface area contributed by atoms with E-state index in [9.17, 15) is 9.18 Å². The molecule has 1 aromatic carbocycles. The summed E-state index contributed by atoms with van der Waals surface area (Å²) >= 11 is 0. The summed E-state index contributed by atoms with van der Waals surface area (Å²) in [6, 6.07) is 13.4. The minimum absolute atomic E-state index is 0.0114. The second kappa shape index (κ2) is 8.81. The number of H-pyrrole nitrogens is 1. The van der Waals surface area contributed by atoms with Crippen molar-refractivity contribution in [1.29, 1.82) is 0 Å². The van der Waals surface area contributed by atoms with Gasteiger partial charge in [-0.2, -0.15) is 0 Å². The lowest BCUT2D eigenvalue weighted by Crippen LogP contribution is -2.23. The van der Waals surface area contributed by atoms with E-state index in [4.69, 9.17) is 4.74 Å². The zero-order chi connectivity index (χ0) is 23.7. The summed E-state index contributed by atoms with van der Waals surface area (Å²) in [6.45, 7) is 0.253. The summed E-state index contributed by atoms with van der Waals surface area (Å²) in [5, 5.41) is 6.67. The predicted molar refractivity (Wildman–Crippen MR) is 127 cm³/mol. The van der Waals surface area contributed by atoms with Crippen molar-refractivity contribution in [2.45, 2.75) is 13.2 Å². The summed E-state index contributed by atoms with van der Waals surface area (Å²) in [5.74, 6) is 0.369. The number of hydrogen-bond acceptors (Lipinski definition) is 6. The molecule has 0 aliphatic carbocycles. The van der Waals surface area contributed by atoms with Gasteiger partial charge in [0.2, 0.25) is 0 Å². The quantitative estimate of drug-likeness (QED) is 0.352. The van der Waals surface area contributed by atoms with E-state index in [0.29, 0.717) is 17.2 Å². The number of carbonyl (C=O) groups excluding carboxylic acids is 1. The number of alkyl carbamates (subject to hydrolysis) is 1. The van der Waals surface area contributed by atoms with E-state index in [2.05, 4.69) is 30.6 Å². The molecule has 0 aliphatic rings. The summed E-state index contributed by atoms with van der Waals surface area (Å²) in [5.41, 5.74) is 5.35. The Balaban J connectivity index is 1.32. The number of aromatic amines is 1. The van der Waals surface area contributed by atoms with Crippen LogP contribution in [0.5, 0.6) is 0 Å². The number of fused-ring (bicyclic) bond motifs is 3. The predicted octanol–water partition coefficient (Wildman–Crippen LogP) is 4.12. The molecule has 4 aromatic heterocycles. The highest BCUT2D eigenvalue weighted by Gasteiger charge is 2.16. The molecule has 9 nitrogen and oxygen atoms in total. The second-order valence-corrected chi connectivity index (χ2v) is 7.78. The van der Waals surface area contributed by atoms with Crippen molar-refractivity contribution in [2.75, 3.05) is 12.4 Å². The molecule has 0 aliphatic heterocycles. The van der Waals surface area contributed by atoms with E-state index in [-0.39, 0.29) is 19.0 Å².